The highest BCUT2D eigenvalue weighted by molar-refractivity contribution is 7.89. The molecule has 0 spiro atoms. The Morgan fingerprint density at radius 1 is 1.12 bits per heavy atom. The van der Waals surface area contributed by atoms with Gasteiger partial charge < -0.3 is 4.74 Å². The van der Waals surface area contributed by atoms with Gasteiger partial charge in [0.15, 0.2) is 0 Å². The highest BCUT2D eigenvalue weighted by Gasteiger charge is 2.23. The molecule has 3 rings (SSSR count). The van der Waals surface area contributed by atoms with E-state index in [0.29, 0.717) is 6.54 Å². The fourth-order valence-corrected chi connectivity index (χ4v) is 3.24. The molecule has 24 heavy (non-hydrogen) atoms. The predicted molar refractivity (Wildman–Crippen MR) is 90.9 cm³/mol. The van der Waals surface area contributed by atoms with Crippen LogP contribution in [0.5, 0.6) is 5.75 Å². The van der Waals surface area contributed by atoms with Crippen molar-refractivity contribution in [2.45, 2.75) is 11.8 Å². The van der Waals surface area contributed by atoms with Crippen LogP contribution in [0.15, 0.2) is 58.5 Å². The molecule has 1 aliphatic heterocycles. The van der Waals surface area contributed by atoms with Crippen molar-refractivity contribution in [3.63, 3.8) is 0 Å². The number of nitrogens with one attached hydrogen (secondary N) is 2. The molecule has 126 valence electrons. The molecule has 0 saturated heterocycles. The number of hydrazine groups is 2. The van der Waals surface area contributed by atoms with E-state index in [1.807, 2.05) is 31.2 Å². The van der Waals surface area contributed by atoms with Crippen LogP contribution in [-0.2, 0) is 10.0 Å². The monoisotopic (exact) mass is 346 g/mol. The van der Waals surface area contributed by atoms with Crippen LogP contribution in [0.4, 0.5) is 0 Å². The van der Waals surface area contributed by atoms with Gasteiger partial charge in [-0.25, -0.2) is 14.0 Å². The first-order valence-corrected chi connectivity index (χ1v) is 8.79. The summed E-state index contributed by atoms with van der Waals surface area (Å²) in [5.41, 5.74) is 5.28. The van der Waals surface area contributed by atoms with Gasteiger partial charge in [-0.3, -0.25) is 0 Å². The lowest BCUT2D eigenvalue weighted by Crippen LogP contribution is -2.46. The van der Waals surface area contributed by atoms with Gasteiger partial charge in [0.2, 0.25) is 0 Å². The summed E-state index contributed by atoms with van der Waals surface area (Å²) in [7, 11) is -2.05. The Kier molecular flexibility index (Phi) is 4.52. The van der Waals surface area contributed by atoms with Gasteiger partial charge >= 0.3 is 0 Å². The Morgan fingerprint density at radius 3 is 2.42 bits per heavy atom. The Hall–Kier alpha value is -2.42. The van der Waals surface area contributed by atoms with Gasteiger partial charge in [0, 0.05) is 0 Å². The van der Waals surface area contributed by atoms with E-state index in [1.165, 1.54) is 5.12 Å². The van der Waals surface area contributed by atoms with E-state index >= 15 is 0 Å². The number of methoxy groups -OCH3 is 1. The SMILES string of the molecule is COc1ccc(C2=NNN(NS(=O)(=O)c3ccc(C)cc3)C2)cc1. The molecule has 0 aliphatic carbocycles. The molecule has 7 nitrogen and oxygen atoms in total. The van der Waals surface area contributed by atoms with Crippen molar-refractivity contribution in [2.75, 3.05) is 13.7 Å². The summed E-state index contributed by atoms with van der Waals surface area (Å²) in [6.45, 7) is 2.21. The molecule has 0 saturated carbocycles. The molecule has 0 fully saturated rings. The van der Waals surface area contributed by atoms with Gasteiger partial charge in [0.25, 0.3) is 10.0 Å². The lowest BCUT2D eigenvalue weighted by Gasteiger charge is -2.16. The number of ether oxygens (including phenoxy) is 1. The lowest BCUT2D eigenvalue weighted by atomic mass is 10.1. The van der Waals surface area contributed by atoms with Crippen molar-refractivity contribution in [3.05, 3.63) is 59.7 Å². The van der Waals surface area contributed by atoms with Crippen LogP contribution >= 0.6 is 0 Å². The maximum absolute atomic E-state index is 12.4. The molecule has 2 aromatic rings. The Labute approximate surface area is 140 Å². The quantitative estimate of drug-likeness (QED) is 0.856. The molecule has 1 heterocycles. The standard InChI is InChI=1S/C16H18N4O3S/c1-12-3-9-15(10-4-12)24(21,22)19-20-11-16(17-18-20)13-5-7-14(23-2)8-6-13/h3-10,18-19H,11H2,1-2H3. The summed E-state index contributed by atoms with van der Waals surface area (Å²) >= 11 is 0. The molecule has 0 amide bonds. The van der Waals surface area contributed by atoms with Gasteiger partial charge in [0.05, 0.1) is 24.3 Å². The summed E-state index contributed by atoms with van der Waals surface area (Å²) in [5.74, 6) is 0.752. The first-order chi connectivity index (χ1) is 11.5. The number of sulfonamides is 1. The van der Waals surface area contributed by atoms with E-state index < -0.39 is 10.0 Å². The zero-order valence-corrected chi connectivity index (χ0v) is 14.2. The van der Waals surface area contributed by atoms with E-state index in [0.717, 1.165) is 22.6 Å². The third kappa shape index (κ3) is 3.56. The Bertz CT molecular complexity index is 846. The van der Waals surface area contributed by atoms with E-state index in [4.69, 9.17) is 4.74 Å². The van der Waals surface area contributed by atoms with Crippen molar-refractivity contribution in [3.8, 4) is 5.75 Å². The summed E-state index contributed by atoms with van der Waals surface area (Å²) in [6.07, 6.45) is 0. The molecule has 2 aromatic carbocycles. The first kappa shape index (κ1) is 16.4. The van der Waals surface area contributed by atoms with Gasteiger partial charge in [-0.1, -0.05) is 17.7 Å². The molecule has 1 aliphatic rings. The number of nitrogens with zero attached hydrogens (tertiary/aromatic N) is 2. The normalized spacial score (nSPS) is 15.0. The molecular weight excluding hydrogens is 328 g/mol. The van der Waals surface area contributed by atoms with E-state index in [1.54, 1.807) is 31.4 Å². The molecular formula is C16H18N4O3S. The van der Waals surface area contributed by atoms with E-state index in [9.17, 15) is 8.42 Å². The molecule has 2 N–H and O–H groups in total. The van der Waals surface area contributed by atoms with Crippen LogP contribution in [0.1, 0.15) is 11.1 Å². The summed E-state index contributed by atoms with van der Waals surface area (Å²) in [5, 5.41) is 5.49. The molecule has 0 radical (unpaired) electrons. The zero-order chi connectivity index (χ0) is 17.2. The second kappa shape index (κ2) is 6.60. The average molecular weight is 346 g/mol. The fourth-order valence-electron chi connectivity index (χ4n) is 2.25. The number of aryl methyl sites for hydroxylation is 1. The summed E-state index contributed by atoms with van der Waals surface area (Å²) < 4.78 is 29.9. The molecule has 0 unspecified atom stereocenters. The smallest absolute Gasteiger partial charge is 0.254 e. The predicted octanol–water partition coefficient (Wildman–Crippen LogP) is 1.42. The zero-order valence-electron chi connectivity index (χ0n) is 13.4. The van der Waals surface area contributed by atoms with Crippen LogP contribution in [0.3, 0.4) is 0 Å². The van der Waals surface area contributed by atoms with Crippen molar-refractivity contribution in [1.82, 2.24) is 15.5 Å². The number of rotatable bonds is 5. The topological polar surface area (TPSA) is 83.0 Å². The highest BCUT2D eigenvalue weighted by atomic mass is 32.2. The van der Waals surface area contributed by atoms with Crippen molar-refractivity contribution in [1.29, 1.82) is 0 Å². The number of benzene rings is 2. The fraction of sp³-hybridized carbons (Fsp3) is 0.188. The average Bonchev–Trinajstić information content (AvgIpc) is 3.03. The van der Waals surface area contributed by atoms with E-state index in [2.05, 4.69) is 15.5 Å². The number of hydrogen-bond acceptors (Lipinski definition) is 6. The van der Waals surface area contributed by atoms with Crippen LogP contribution in [0, 0.1) is 6.92 Å². The second-order valence-corrected chi connectivity index (χ2v) is 7.04. The molecule has 8 heteroatoms. The summed E-state index contributed by atoms with van der Waals surface area (Å²) in [6, 6.07) is 14.1. The van der Waals surface area contributed by atoms with Crippen LogP contribution < -0.4 is 15.1 Å². The van der Waals surface area contributed by atoms with Crippen molar-refractivity contribution >= 4 is 15.7 Å². The number of hydrogen-bond donors (Lipinski definition) is 2. The largest absolute Gasteiger partial charge is 0.497 e. The van der Waals surface area contributed by atoms with Crippen LogP contribution in [0.2, 0.25) is 0 Å². The van der Waals surface area contributed by atoms with Gasteiger partial charge in [-0.05, 0) is 48.9 Å². The number of hydrazone groups is 1. The molecule has 0 atom stereocenters. The Morgan fingerprint density at radius 2 is 1.79 bits per heavy atom. The first-order valence-electron chi connectivity index (χ1n) is 7.31. The lowest BCUT2D eigenvalue weighted by molar-refractivity contribution is 0.210. The maximum Gasteiger partial charge on any atom is 0.254 e. The Balaban J connectivity index is 1.67. The minimum atomic E-state index is -3.66. The third-order valence-corrected chi connectivity index (χ3v) is 4.95. The van der Waals surface area contributed by atoms with Crippen molar-refractivity contribution in [2.24, 2.45) is 5.10 Å². The van der Waals surface area contributed by atoms with E-state index in [-0.39, 0.29) is 4.90 Å². The summed E-state index contributed by atoms with van der Waals surface area (Å²) in [4.78, 5) is 2.67. The minimum absolute atomic E-state index is 0.202. The third-order valence-electron chi connectivity index (χ3n) is 3.60. The molecule has 0 aromatic heterocycles. The highest BCUT2D eigenvalue weighted by Crippen LogP contribution is 2.15. The van der Waals surface area contributed by atoms with Gasteiger partial charge in [0.1, 0.15) is 5.75 Å². The van der Waals surface area contributed by atoms with Crippen LogP contribution in [-0.4, -0.2) is 32.9 Å². The minimum Gasteiger partial charge on any atom is -0.497 e. The van der Waals surface area contributed by atoms with Gasteiger partial charge in [-0.2, -0.15) is 5.10 Å². The second-order valence-electron chi connectivity index (χ2n) is 5.38. The van der Waals surface area contributed by atoms with Crippen LogP contribution in [0.25, 0.3) is 0 Å². The maximum atomic E-state index is 12.4. The van der Waals surface area contributed by atoms with Crippen molar-refractivity contribution < 1.29 is 13.2 Å². The van der Waals surface area contributed by atoms with Gasteiger partial charge in [-0.15, -0.1) is 9.95 Å². The molecule has 0 bridgehead atoms.